The lowest BCUT2D eigenvalue weighted by molar-refractivity contribution is -0.131. The van der Waals surface area contributed by atoms with Gasteiger partial charge in [0.15, 0.2) is 0 Å². The minimum Gasteiger partial charge on any atom is -0.427 e. The van der Waals surface area contributed by atoms with Gasteiger partial charge in [-0.25, -0.2) is 0 Å². The van der Waals surface area contributed by atoms with Crippen LogP contribution in [0.15, 0.2) is 18.2 Å². The third-order valence-electron chi connectivity index (χ3n) is 2.18. The van der Waals surface area contributed by atoms with Crippen LogP contribution >= 0.6 is 11.6 Å². The van der Waals surface area contributed by atoms with Gasteiger partial charge in [-0.2, -0.15) is 0 Å². The second kappa shape index (κ2) is 6.91. The Morgan fingerprint density at radius 2 is 1.80 bits per heavy atom. The maximum absolute atomic E-state index is 11.6. The van der Waals surface area contributed by atoms with Crippen molar-refractivity contribution in [2.75, 3.05) is 10.6 Å². The zero-order valence-electron chi connectivity index (χ0n) is 11.3. The molecule has 6 nitrogen and oxygen atoms in total. The number of benzene rings is 1. The number of halogens is 1. The molecule has 7 heteroatoms. The van der Waals surface area contributed by atoms with Crippen LogP contribution < -0.4 is 15.4 Å². The Morgan fingerprint density at radius 3 is 2.30 bits per heavy atom. The van der Waals surface area contributed by atoms with E-state index in [0.717, 1.165) is 0 Å². The van der Waals surface area contributed by atoms with Gasteiger partial charge in [-0.3, -0.25) is 14.4 Å². The highest BCUT2D eigenvalue weighted by molar-refractivity contribution is 6.32. The molecule has 1 rings (SSSR count). The number of amides is 2. The quantitative estimate of drug-likeness (QED) is 0.507. The van der Waals surface area contributed by atoms with Crippen molar-refractivity contribution in [3.8, 4) is 5.75 Å². The molecule has 1 unspecified atom stereocenters. The molecule has 108 valence electrons. The summed E-state index contributed by atoms with van der Waals surface area (Å²) in [4.78, 5) is 33.6. The van der Waals surface area contributed by atoms with E-state index in [1.54, 1.807) is 0 Å². The Bertz CT molecular complexity index is 543. The van der Waals surface area contributed by atoms with Gasteiger partial charge in [0, 0.05) is 19.9 Å². The second-order valence-corrected chi connectivity index (χ2v) is 4.74. The van der Waals surface area contributed by atoms with E-state index < -0.39 is 17.3 Å². The molecule has 20 heavy (non-hydrogen) atoms. The highest BCUT2D eigenvalue weighted by atomic mass is 35.5. The lowest BCUT2D eigenvalue weighted by Crippen LogP contribution is -2.21. The van der Waals surface area contributed by atoms with Crippen LogP contribution in [0.25, 0.3) is 0 Å². The van der Waals surface area contributed by atoms with Crippen molar-refractivity contribution in [2.45, 2.75) is 26.1 Å². The highest BCUT2D eigenvalue weighted by Gasteiger charge is 2.14. The fraction of sp³-hybridized carbons (Fsp3) is 0.308. The summed E-state index contributed by atoms with van der Waals surface area (Å²) < 4.78 is 4.92. The molecular weight excluding hydrogens is 284 g/mol. The number of anilines is 2. The monoisotopic (exact) mass is 298 g/mol. The molecule has 0 radical (unpaired) electrons. The van der Waals surface area contributed by atoms with E-state index in [1.165, 1.54) is 39.0 Å². The molecule has 1 aromatic rings. The molecule has 0 aromatic heterocycles. The van der Waals surface area contributed by atoms with E-state index >= 15 is 0 Å². The van der Waals surface area contributed by atoms with E-state index in [2.05, 4.69) is 10.6 Å². The minimum absolute atomic E-state index is 0.254. The summed E-state index contributed by atoms with van der Waals surface area (Å²) in [5.41, 5.74) is 0.690. The summed E-state index contributed by atoms with van der Waals surface area (Å²) in [5, 5.41) is 4.37. The molecule has 0 saturated carbocycles. The van der Waals surface area contributed by atoms with Gasteiger partial charge in [-0.1, -0.05) is 0 Å². The van der Waals surface area contributed by atoms with Gasteiger partial charge >= 0.3 is 5.97 Å². The van der Waals surface area contributed by atoms with Gasteiger partial charge in [0.05, 0.1) is 11.4 Å². The molecule has 2 N–H and O–H groups in total. The first-order chi connectivity index (χ1) is 9.29. The average Bonchev–Trinajstić information content (AvgIpc) is 2.31. The Kier molecular flexibility index (Phi) is 5.52. The summed E-state index contributed by atoms with van der Waals surface area (Å²) >= 11 is 5.68. The summed E-state index contributed by atoms with van der Waals surface area (Å²) in [6.07, 6.45) is 0. The van der Waals surface area contributed by atoms with Crippen molar-refractivity contribution in [3.05, 3.63) is 18.2 Å². The fourth-order valence-electron chi connectivity index (χ4n) is 1.39. The molecule has 2 amide bonds. The smallest absolute Gasteiger partial charge is 0.308 e. The third-order valence-corrected chi connectivity index (χ3v) is 2.38. The lowest BCUT2D eigenvalue weighted by Gasteiger charge is -2.13. The maximum Gasteiger partial charge on any atom is 0.308 e. The zero-order chi connectivity index (χ0) is 15.3. The van der Waals surface area contributed by atoms with E-state index in [4.69, 9.17) is 16.3 Å². The van der Waals surface area contributed by atoms with Crippen LogP contribution in [0.5, 0.6) is 5.75 Å². The number of hydrogen-bond acceptors (Lipinski definition) is 4. The van der Waals surface area contributed by atoms with Crippen molar-refractivity contribution < 1.29 is 19.1 Å². The summed E-state index contributed by atoms with van der Waals surface area (Å²) in [6, 6.07) is 4.46. The number of esters is 1. The number of carbonyl (C=O) groups is 3. The molecule has 0 aliphatic heterocycles. The number of hydrogen-bond donors (Lipinski definition) is 2. The summed E-state index contributed by atoms with van der Waals surface area (Å²) in [6.45, 7) is 4.13. The van der Waals surface area contributed by atoms with Crippen LogP contribution in [0.4, 0.5) is 11.4 Å². The van der Waals surface area contributed by atoms with Crippen molar-refractivity contribution in [1.29, 1.82) is 0 Å². The number of carbonyl (C=O) groups excluding carboxylic acids is 3. The van der Waals surface area contributed by atoms with Crippen molar-refractivity contribution in [3.63, 3.8) is 0 Å². The van der Waals surface area contributed by atoms with E-state index in [1.807, 2.05) is 0 Å². The first-order valence-corrected chi connectivity index (χ1v) is 6.28. The Balaban J connectivity index is 3.08. The van der Waals surface area contributed by atoms with Crippen molar-refractivity contribution in [2.24, 2.45) is 0 Å². The van der Waals surface area contributed by atoms with Gasteiger partial charge in [0.1, 0.15) is 11.1 Å². The average molecular weight is 299 g/mol. The maximum atomic E-state index is 11.6. The molecule has 0 bridgehead atoms. The first kappa shape index (κ1) is 16.0. The molecule has 0 heterocycles. The standard InChI is InChI=1S/C13H15ClN2O4/c1-7(14)13(19)16-12-6-10(20-9(3)18)4-5-11(12)15-8(2)17/h4-7H,1-3H3,(H,15,17)(H,16,19). The molecule has 0 saturated heterocycles. The molecule has 0 aliphatic carbocycles. The molecule has 1 aromatic carbocycles. The molecule has 0 spiro atoms. The van der Waals surface area contributed by atoms with Crippen LogP contribution in [-0.2, 0) is 14.4 Å². The van der Waals surface area contributed by atoms with E-state index in [-0.39, 0.29) is 11.7 Å². The fourth-order valence-corrected chi connectivity index (χ4v) is 1.44. The van der Waals surface area contributed by atoms with Gasteiger partial charge < -0.3 is 15.4 Å². The van der Waals surface area contributed by atoms with Gasteiger partial charge in [-0.15, -0.1) is 11.6 Å². The van der Waals surface area contributed by atoms with Crippen LogP contribution in [0.2, 0.25) is 0 Å². The van der Waals surface area contributed by atoms with E-state index in [9.17, 15) is 14.4 Å². The van der Waals surface area contributed by atoms with Crippen molar-refractivity contribution >= 4 is 40.8 Å². The molecule has 0 fully saturated rings. The second-order valence-electron chi connectivity index (χ2n) is 4.09. The Morgan fingerprint density at radius 1 is 1.15 bits per heavy atom. The first-order valence-electron chi connectivity index (χ1n) is 5.84. The van der Waals surface area contributed by atoms with Crippen LogP contribution in [0.3, 0.4) is 0 Å². The predicted molar refractivity (Wildman–Crippen MR) is 76.0 cm³/mol. The predicted octanol–water partition coefficient (Wildman–Crippen LogP) is 2.14. The Hall–Kier alpha value is -2.08. The normalized spacial score (nSPS) is 11.4. The third kappa shape index (κ3) is 4.89. The zero-order valence-corrected chi connectivity index (χ0v) is 12.1. The summed E-state index contributed by atoms with van der Waals surface area (Å²) in [5.74, 6) is -0.956. The molecule has 1 atom stereocenters. The van der Waals surface area contributed by atoms with Crippen LogP contribution in [0.1, 0.15) is 20.8 Å². The van der Waals surface area contributed by atoms with E-state index in [0.29, 0.717) is 11.4 Å². The number of rotatable bonds is 4. The van der Waals surface area contributed by atoms with Crippen molar-refractivity contribution in [1.82, 2.24) is 0 Å². The number of nitrogens with one attached hydrogen (secondary N) is 2. The highest BCUT2D eigenvalue weighted by Crippen LogP contribution is 2.27. The molecular formula is C13H15ClN2O4. The summed E-state index contributed by atoms with van der Waals surface area (Å²) in [7, 11) is 0. The van der Waals surface area contributed by atoms with Crippen LogP contribution in [-0.4, -0.2) is 23.2 Å². The van der Waals surface area contributed by atoms with Gasteiger partial charge in [0.2, 0.25) is 11.8 Å². The minimum atomic E-state index is -0.738. The number of alkyl halides is 1. The largest absolute Gasteiger partial charge is 0.427 e. The lowest BCUT2D eigenvalue weighted by atomic mass is 10.2. The topological polar surface area (TPSA) is 84.5 Å². The van der Waals surface area contributed by atoms with Gasteiger partial charge in [0.25, 0.3) is 0 Å². The van der Waals surface area contributed by atoms with Crippen LogP contribution in [0, 0.1) is 0 Å². The number of ether oxygens (including phenoxy) is 1. The molecule has 0 aliphatic rings. The SMILES string of the molecule is CC(=O)Nc1ccc(OC(C)=O)cc1NC(=O)C(C)Cl. The Labute approximate surface area is 121 Å². The van der Waals surface area contributed by atoms with Gasteiger partial charge in [-0.05, 0) is 19.1 Å².